The molecule has 0 aromatic heterocycles. The van der Waals surface area contributed by atoms with Crippen molar-refractivity contribution in [2.24, 2.45) is 0 Å². The molecular weight excluding hydrogens is 312 g/mol. The number of alkyl halides is 1. The van der Waals surface area contributed by atoms with Gasteiger partial charge in [-0.05, 0) is 30.7 Å². The predicted octanol–water partition coefficient (Wildman–Crippen LogP) is 5.08. The normalized spacial score (nSPS) is 10.4. The third-order valence-corrected chi connectivity index (χ3v) is 3.42. The zero-order chi connectivity index (χ0) is 13.0. The van der Waals surface area contributed by atoms with Crippen LogP contribution in [-0.4, -0.2) is 0 Å². The van der Waals surface area contributed by atoms with Crippen molar-refractivity contribution in [1.29, 1.82) is 0 Å². The Labute approximate surface area is 121 Å². The van der Waals surface area contributed by atoms with Gasteiger partial charge < -0.3 is 4.74 Å². The van der Waals surface area contributed by atoms with E-state index in [1.807, 2.05) is 37.3 Å². The van der Waals surface area contributed by atoms with E-state index >= 15 is 0 Å². The van der Waals surface area contributed by atoms with Crippen molar-refractivity contribution in [1.82, 2.24) is 0 Å². The highest BCUT2D eigenvalue weighted by Crippen LogP contribution is 2.23. The number of rotatable bonds is 4. The zero-order valence-corrected chi connectivity index (χ0v) is 12.5. The van der Waals surface area contributed by atoms with Crippen molar-refractivity contribution >= 4 is 27.5 Å². The summed E-state index contributed by atoms with van der Waals surface area (Å²) in [6, 6.07) is 14.2. The highest BCUT2D eigenvalue weighted by atomic mass is 79.9. The lowest BCUT2D eigenvalue weighted by molar-refractivity contribution is 0.303. The van der Waals surface area contributed by atoms with Crippen LogP contribution in [0.5, 0.6) is 5.75 Å². The first-order chi connectivity index (χ1) is 8.69. The summed E-state index contributed by atoms with van der Waals surface area (Å²) in [5.74, 6) is 1.32. The van der Waals surface area contributed by atoms with Gasteiger partial charge in [-0.1, -0.05) is 45.8 Å². The Morgan fingerprint density at radius 2 is 2.00 bits per heavy atom. The Hall–Kier alpha value is -0.990. The van der Waals surface area contributed by atoms with E-state index in [0.717, 1.165) is 21.3 Å². The molecule has 18 heavy (non-hydrogen) atoms. The maximum Gasteiger partial charge on any atom is 0.124 e. The summed E-state index contributed by atoms with van der Waals surface area (Å²) in [5.41, 5.74) is 3.36. The van der Waals surface area contributed by atoms with Crippen molar-refractivity contribution in [3.63, 3.8) is 0 Å². The Kier molecular flexibility index (Phi) is 4.67. The Balaban J connectivity index is 2.10. The molecule has 0 heterocycles. The topological polar surface area (TPSA) is 9.23 Å². The van der Waals surface area contributed by atoms with Crippen LogP contribution in [0.4, 0.5) is 0 Å². The van der Waals surface area contributed by atoms with Crippen LogP contribution in [0, 0.1) is 6.92 Å². The van der Waals surface area contributed by atoms with Gasteiger partial charge in [0, 0.05) is 10.0 Å². The molecule has 0 bridgehead atoms. The van der Waals surface area contributed by atoms with E-state index < -0.39 is 0 Å². The number of aryl methyl sites for hydroxylation is 1. The molecule has 2 aromatic carbocycles. The lowest BCUT2D eigenvalue weighted by Gasteiger charge is -2.11. The van der Waals surface area contributed by atoms with Gasteiger partial charge in [-0.15, -0.1) is 11.6 Å². The molecule has 0 N–H and O–H groups in total. The summed E-state index contributed by atoms with van der Waals surface area (Å²) in [7, 11) is 0. The summed E-state index contributed by atoms with van der Waals surface area (Å²) >= 11 is 9.37. The van der Waals surface area contributed by atoms with Crippen molar-refractivity contribution < 1.29 is 4.74 Å². The number of ether oxygens (including phenoxy) is 1. The van der Waals surface area contributed by atoms with Crippen LogP contribution < -0.4 is 4.74 Å². The monoisotopic (exact) mass is 324 g/mol. The van der Waals surface area contributed by atoms with Crippen molar-refractivity contribution in [2.75, 3.05) is 0 Å². The molecule has 0 aliphatic carbocycles. The van der Waals surface area contributed by atoms with Crippen LogP contribution in [0.2, 0.25) is 0 Å². The van der Waals surface area contributed by atoms with Gasteiger partial charge in [0.1, 0.15) is 12.4 Å². The first-order valence-electron chi connectivity index (χ1n) is 5.72. The molecule has 0 aliphatic heterocycles. The third kappa shape index (κ3) is 3.50. The summed E-state index contributed by atoms with van der Waals surface area (Å²) in [5, 5.41) is 0. The zero-order valence-electron chi connectivity index (χ0n) is 10.1. The Morgan fingerprint density at radius 3 is 2.72 bits per heavy atom. The van der Waals surface area contributed by atoms with Crippen LogP contribution in [0.3, 0.4) is 0 Å². The maximum atomic E-state index is 5.92. The van der Waals surface area contributed by atoms with Crippen molar-refractivity contribution in [3.8, 4) is 5.75 Å². The van der Waals surface area contributed by atoms with Gasteiger partial charge in [-0.3, -0.25) is 0 Å². The highest BCUT2D eigenvalue weighted by Gasteiger charge is 2.03. The van der Waals surface area contributed by atoms with Gasteiger partial charge in [0.2, 0.25) is 0 Å². The minimum Gasteiger partial charge on any atom is -0.489 e. The molecule has 94 valence electrons. The van der Waals surface area contributed by atoms with Gasteiger partial charge in [0.25, 0.3) is 0 Å². The van der Waals surface area contributed by atoms with Crippen LogP contribution in [0.15, 0.2) is 46.9 Å². The lowest BCUT2D eigenvalue weighted by Crippen LogP contribution is -1.98. The molecule has 2 aromatic rings. The van der Waals surface area contributed by atoms with Crippen molar-refractivity contribution in [2.45, 2.75) is 19.4 Å². The van der Waals surface area contributed by atoms with E-state index in [1.54, 1.807) is 0 Å². The van der Waals surface area contributed by atoms with E-state index in [1.165, 1.54) is 5.56 Å². The van der Waals surface area contributed by atoms with Crippen LogP contribution >= 0.6 is 27.5 Å². The maximum absolute atomic E-state index is 5.92. The Morgan fingerprint density at radius 1 is 1.17 bits per heavy atom. The fourth-order valence-corrected chi connectivity index (χ4v) is 2.40. The van der Waals surface area contributed by atoms with Gasteiger partial charge in [-0.2, -0.15) is 0 Å². The molecule has 1 nitrogen and oxygen atoms in total. The second-order valence-electron chi connectivity index (χ2n) is 4.16. The van der Waals surface area contributed by atoms with Gasteiger partial charge in [0.05, 0.1) is 5.88 Å². The molecule has 0 unspecified atom stereocenters. The predicted molar refractivity (Wildman–Crippen MR) is 79.2 cm³/mol. The smallest absolute Gasteiger partial charge is 0.124 e. The summed E-state index contributed by atoms with van der Waals surface area (Å²) < 4.78 is 6.88. The fourth-order valence-electron chi connectivity index (χ4n) is 1.74. The molecule has 0 saturated carbocycles. The molecule has 0 amide bonds. The number of hydrogen-bond donors (Lipinski definition) is 0. The third-order valence-electron chi connectivity index (χ3n) is 2.64. The first-order valence-corrected chi connectivity index (χ1v) is 7.04. The molecule has 0 aliphatic rings. The van der Waals surface area contributed by atoms with Gasteiger partial charge in [0.15, 0.2) is 0 Å². The van der Waals surface area contributed by atoms with E-state index in [0.29, 0.717) is 12.5 Å². The summed E-state index contributed by atoms with van der Waals surface area (Å²) in [6.07, 6.45) is 0. The van der Waals surface area contributed by atoms with E-state index in [2.05, 4.69) is 28.1 Å². The van der Waals surface area contributed by atoms with E-state index in [-0.39, 0.29) is 0 Å². The molecule has 0 atom stereocenters. The number of halogens is 2. The quantitative estimate of drug-likeness (QED) is 0.713. The molecule has 0 fully saturated rings. The minimum absolute atomic E-state index is 0.468. The molecule has 0 spiro atoms. The SMILES string of the molecule is Cc1ccc(OCc2cccc(Br)c2)c(CCl)c1. The van der Waals surface area contributed by atoms with Crippen LogP contribution in [-0.2, 0) is 12.5 Å². The standard InChI is InChI=1S/C15H14BrClO/c1-11-5-6-15(13(7-11)9-17)18-10-12-3-2-4-14(16)8-12/h2-8H,9-10H2,1H3. The van der Waals surface area contributed by atoms with Gasteiger partial charge >= 0.3 is 0 Å². The lowest BCUT2D eigenvalue weighted by atomic mass is 10.1. The average Bonchev–Trinajstić information content (AvgIpc) is 2.37. The Bertz CT molecular complexity index is 540. The van der Waals surface area contributed by atoms with Crippen LogP contribution in [0.1, 0.15) is 16.7 Å². The largest absolute Gasteiger partial charge is 0.489 e. The molecule has 3 heteroatoms. The number of benzene rings is 2. The second-order valence-corrected chi connectivity index (χ2v) is 5.35. The molecule has 2 rings (SSSR count). The second kappa shape index (κ2) is 6.26. The molecule has 0 radical (unpaired) electrons. The average molecular weight is 326 g/mol. The minimum atomic E-state index is 0.468. The fraction of sp³-hybridized carbons (Fsp3) is 0.200. The van der Waals surface area contributed by atoms with Crippen molar-refractivity contribution in [3.05, 3.63) is 63.6 Å². The molecular formula is C15H14BrClO. The number of hydrogen-bond acceptors (Lipinski definition) is 1. The van der Waals surface area contributed by atoms with E-state index in [4.69, 9.17) is 16.3 Å². The van der Waals surface area contributed by atoms with Crippen LogP contribution in [0.25, 0.3) is 0 Å². The molecule has 0 saturated heterocycles. The highest BCUT2D eigenvalue weighted by molar-refractivity contribution is 9.10. The summed E-state index contributed by atoms with van der Waals surface area (Å²) in [4.78, 5) is 0. The van der Waals surface area contributed by atoms with Gasteiger partial charge in [-0.25, -0.2) is 0 Å². The first kappa shape index (κ1) is 13.4. The summed E-state index contributed by atoms with van der Waals surface area (Å²) in [6.45, 7) is 2.60. The van der Waals surface area contributed by atoms with E-state index in [9.17, 15) is 0 Å².